The van der Waals surface area contributed by atoms with Crippen LogP contribution in [-0.4, -0.2) is 32.4 Å². The number of rotatable bonds is 3. The Balaban J connectivity index is 2.02. The Morgan fingerprint density at radius 1 is 1.32 bits per heavy atom. The summed E-state index contributed by atoms with van der Waals surface area (Å²) in [6.45, 7) is 5.40. The smallest absolute Gasteiger partial charge is 0.235 e. The van der Waals surface area contributed by atoms with Crippen LogP contribution in [0.5, 0.6) is 0 Å². The molecule has 0 radical (unpaired) electrons. The molecule has 1 saturated heterocycles. The first kappa shape index (κ1) is 12.4. The van der Waals surface area contributed by atoms with E-state index in [4.69, 9.17) is 4.74 Å². The maximum atomic E-state index is 10.7. The number of hydrogen-bond donors (Lipinski definition) is 0. The lowest BCUT2D eigenvalue weighted by atomic mass is 9.99. The third-order valence-corrected chi connectivity index (χ3v) is 3.99. The van der Waals surface area contributed by atoms with Gasteiger partial charge in [-0.15, -0.1) is 0 Å². The summed E-state index contributed by atoms with van der Waals surface area (Å²) in [5.74, 6) is 0. The second kappa shape index (κ2) is 4.80. The monoisotopic (exact) mass is 258 g/mol. The Bertz CT molecular complexity index is 525. The van der Waals surface area contributed by atoms with E-state index in [1.165, 1.54) is 16.8 Å². The van der Waals surface area contributed by atoms with Gasteiger partial charge in [0.2, 0.25) is 6.08 Å². The molecule has 1 saturated carbocycles. The normalized spacial score (nSPS) is 20.8. The van der Waals surface area contributed by atoms with Gasteiger partial charge in [-0.25, -0.2) is 4.79 Å². The first-order chi connectivity index (χ1) is 9.25. The van der Waals surface area contributed by atoms with Gasteiger partial charge in [-0.3, -0.25) is 0 Å². The summed E-state index contributed by atoms with van der Waals surface area (Å²) < 4.78 is 5.41. The van der Waals surface area contributed by atoms with Crippen molar-refractivity contribution < 1.29 is 9.53 Å². The molecule has 100 valence electrons. The number of morpholine rings is 1. The molecule has 4 nitrogen and oxygen atoms in total. The molecule has 3 rings (SSSR count). The van der Waals surface area contributed by atoms with E-state index in [9.17, 15) is 4.79 Å². The number of nitrogens with zero attached hydrogens (tertiary/aromatic N) is 2. The Labute approximate surface area is 113 Å². The van der Waals surface area contributed by atoms with E-state index >= 15 is 0 Å². The maximum absolute atomic E-state index is 10.7. The van der Waals surface area contributed by atoms with Crippen molar-refractivity contribution in [1.29, 1.82) is 0 Å². The Hall–Kier alpha value is -1.64. The van der Waals surface area contributed by atoms with Crippen LogP contribution in [0.1, 0.15) is 24.0 Å². The highest BCUT2D eigenvalue weighted by atomic mass is 16.5. The molecule has 0 aromatic heterocycles. The number of isocyanates is 1. The van der Waals surface area contributed by atoms with Crippen molar-refractivity contribution in [1.82, 2.24) is 0 Å². The fourth-order valence-electron chi connectivity index (χ4n) is 2.75. The Morgan fingerprint density at radius 3 is 2.68 bits per heavy atom. The van der Waals surface area contributed by atoms with Gasteiger partial charge in [0.05, 0.1) is 13.2 Å². The number of ether oxygens (including phenoxy) is 1. The molecule has 0 unspecified atom stereocenters. The molecule has 0 spiro atoms. The molecule has 0 bridgehead atoms. The van der Waals surface area contributed by atoms with Crippen LogP contribution in [0.2, 0.25) is 0 Å². The highest BCUT2D eigenvalue weighted by Gasteiger charge is 2.47. The van der Waals surface area contributed by atoms with Gasteiger partial charge >= 0.3 is 0 Å². The summed E-state index contributed by atoms with van der Waals surface area (Å²) in [5.41, 5.74) is 3.28. The maximum Gasteiger partial charge on any atom is 0.235 e. The van der Waals surface area contributed by atoms with Crippen molar-refractivity contribution >= 4 is 11.8 Å². The number of benzene rings is 1. The van der Waals surface area contributed by atoms with Crippen LogP contribution in [0, 0.1) is 6.92 Å². The standard InChI is InChI=1S/C15H18N2O2/c1-12-2-3-14(17-6-8-19-9-7-17)13(10-12)15(4-5-15)16-11-18/h2-3,10H,4-9H2,1H3. The van der Waals surface area contributed by atoms with Gasteiger partial charge in [-0.05, 0) is 25.8 Å². The molecule has 1 aliphatic carbocycles. The molecule has 1 aromatic carbocycles. The van der Waals surface area contributed by atoms with Gasteiger partial charge in [0.15, 0.2) is 0 Å². The molecule has 1 aromatic rings. The third kappa shape index (κ3) is 2.29. The van der Waals surface area contributed by atoms with Crippen LogP contribution in [0.25, 0.3) is 0 Å². The number of aliphatic imine (C=N–C) groups is 1. The number of hydrogen-bond acceptors (Lipinski definition) is 4. The molecule has 2 aliphatic rings. The summed E-state index contributed by atoms with van der Waals surface area (Å²) in [6.07, 6.45) is 3.65. The van der Waals surface area contributed by atoms with Gasteiger partial charge in [-0.2, -0.15) is 4.99 Å². The lowest BCUT2D eigenvalue weighted by Gasteiger charge is -2.32. The van der Waals surface area contributed by atoms with E-state index in [2.05, 4.69) is 35.0 Å². The van der Waals surface area contributed by atoms with Gasteiger partial charge in [0, 0.05) is 24.3 Å². The lowest BCUT2D eigenvalue weighted by molar-refractivity contribution is 0.122. The molecule has 0 N–H and O–H groups in total. The van der Waals surface area contributed by atoms with Crippen molar-refractivity contribution in [3.63, 3.8) is 0 Å². The zero-order valence-corrected chi connectivity index (χ0v) is 11.2. The quantitative estimate of drug-likeness (QED) is 0.616. The lowest BCUT2D eigenvalue weighted by Crippen LogP contribution is -2.37. The zero-order valence-electron chi connectivity index (χ0n) is 11.2. The molecule has 1 heterocycles. The van der Waals surface area contributed by atoms with E-state index < -0.39 is 0 Å². The fourth-order valence-corrected chi connectivity index (χ4v) is 2.75. The van der Waals surface area contributed by atoms with Crippen LogP contribution in [0.3, 0.4) is 0 Å². The molecular weight excluding hydrogens is 240 g/mol. The summed E-state index contributed by atoms with van der Waals surface area (Å²) in [4.78, 5) is 17.1. The summed E-state index contributed by atoms with van der Waals surface area (Å²) in [7, 11) is 0. The molecule has 1 aliphatic heterocycles. The number of aryl methyl sites for hydroxylation is 1. The molecular formula is C15H18N2O2. The van der Waals surface area contributed by atoms with E-state index in [0.717, 1.165) is 39.1 Å². The minimum absolute atomic E-state index is 0.304. The van der Waals surface area contributed by atoms with E-state index in [1.54, 1.807) is 6.08 Å². The van der Waals surface area contributed by atoms with Crippen LogP contribution in [0.4, 0.5) is 5.69 Å². The van der Waals surface area contributed by atoms with E-state index in [1.807, 2.05) is 0 Å². The summed E-state index contributed by atoms with van der Waals surface area (Å²) in [5, 5.41) is 0. The van der Waals surface area contributed by atoms with Crippen LogP contribution in [0.15, 0.2) is 23.2 Å². The summed E-state index contributed by atoms with van der Waals surface area (Å²) >= 11 is 0. The summed E-state index contributed by atoms with van der Waals surface area (Å²) in [6, 6.07) is 6.43. The van der Waals surface area contributed by atoms with Crippen LogP contribution in [-0.2, 0) is 15.1 Å². The SMILES string of the molecule is Cc1ccc(N2CCOCC2)c(C2(N=C=O)CC2)c1. The van der Waals surface area contributed by atoms with Gasteiger partial charge in [0.25, 0.3) is 0 Å². The van der Waals surface area contributed by atoms with Gasteiger partial charge in [-0.1, -0.05) is 17.7 Å². The second-order valence-electron chi connectivity index (χ2n) is 5.35. The predicted octanol–water partition coefficient (Wildman–Crippen LogP) is 2.16. The highest BCUT2D eigenvalue weighted by Crippen LogP contribution is 2.52. The van der Waals surface area contributed by atoms with Crippen molar-refractivity contribution in [2.45, 2.75) is 25.3 Å². The van der Waals surface area contributed by atoms with Crippen LogP contribution < -0.4 is 4.90 Å². The number of carbonyl (C=O) groups excluding carboxylic acids is 1. The third-order valence-electron chi connectivity index (χ3n) is 3.99. The largest absolute Gasteiger partial charge is 0.378 e. The predicted molar refractivity (Wildman–Crippen MR) is 73.2 cm³/mol. The molecule has 0 atom stereocenters. The van der Waals surface area contributed by atoms with E-state index in [-0.39, 0.29) is 5.54 Å². The fraction of sp³-hybridized carbons (Fsp3) is 0.533. The first-order valence-corrected chi connectivity index (χ1v) is 6.78. The first-order valence-electron chi connectivity index (χ1n) is 6.78. The topological polar surface area (TPSA) is 41.9 Å². The molecule has 4 heteroatoms. The van der Waals surface area contributed by atoms with Gasteiger partial charge in [0.1, 0.15) is 5.54 Å². The minimum atomic E-state index is -0.304. The van der Waals surface area contributed by atoms with Gasteiger partial charge < -0.3 is 9.64 Å². The van der Waals surface area contributed by atoms with Crippen molar-refractivity contribution in [3.8, 4) is 0 Å². The van der Waals surface area contributed by atoms with Crippen LogP contribution >= 0.6 is 0 Å². The van der Waals surface area contributed by atoms with Crippen molar-refractivity contribution in [2.75, 3.05) is 31.2 Å². The second-order valence-corrected chi connectivity index (χ2v) is 5.35. The number of anilines is 1. The molecule has 19 heavy (non-hydrogen) atoms. The Morgan fingerprint density at radius 2 is 2.05 bits per heavy atom. The molecule has 0 amide bonds. The molecule has 2 fully saturated rings. The minimum Gasteiger partial charge on any atom is -0.378 e. The van der Waals surface area contributed by atoms with Crippen molar-refractivity contribution in [3.05, 3.63) is 29.3 Å². The van der Waals surface area contributed by atoms with Crippen molar-refractivity contribution in [2.24, 2.45) is 4.99 Å². The zero-order chi connectivity index (χ0) is 13.3. The average molecular weight is 258 g/mol. The van der Waals surface area contributed by atoms with E-state index in [0.29, 0.717) is 0 Å². The highest BCUT2D eigenvalue weighted by molar-refractivity contribution is 5.61. The Kier molecular flexibility index (Phi) is 3.13. The average Bonchev–Trinajstić information content (AvgIpc) is 3.21.